The number of rotatable bonds is 7. The monoisotopic (exact) mass is 453 g/mol. The summed E-state index contributed by atoms with van der Waals surface area (Å²) in [7, 11) is 3.46. The van der Waals surface area contributed by atoms with E-state index >= 15 is 0 Å². The van der Waals surface area contributed by atoms with Gasteiger partial charge in [-0.1, -0.05) is 0 Å². The van der Waals surface area contributed by atoms with Crippen LogP contribution < -0.4 is 21.5 Å². The highest BCUT2D eigenvalue weighted by Gasteiger charge is 2.18. The van der Waals surface area contributed by atoms with Crippen LogP contribution in [0.25, 0.3) is 16.5 Å². The van der Waals surface area contributed by atoms with Crippen LogP contribution in [0.3, 0.4) is 0 Å². The zero-order chi connectivity index (χ0) is 23.4. The zero-order valence-electron chi connectivity index (χ0n) is 18.8. The largest absolute Gasteiger partial charge is 0.388 e. The Kier molecular flexibility index (Phi) is 6.90. The van der Waals surface area contributed by atoms with E-state index < -0.39 is 11.4 Å². The summed E-state index contributed by atoms with van der Waals surface area (Å²) >= 11 is 0. The fourth-order valence-corrected chi connectivity index (χ4v) is 3.96. The lowest BCUT2D eigenvalue weighted by molar-refractivity contribution is 0.0383. The molecule has 0 saturated carbocycles. The number of benzene rings is 2. The van der Waals surface area contributed by atoms with Gasteiger partial charge in [0.1, 0.15) is 5.82 Å². The highest BCUT2D eigenvalue weighted by molar-refractivity contribution is 6.07. The molecule has 2 heterocycles. The van der Waals surface area contributed by atoms with Crippen LogP contribution >= 0.6 is 0 Å². The number of morpholine rings is 1. The Morgan fingerprint density at radius 2 is 1.73 bits per heavy atom. The lowest BCUT2D eigenvalue weighted by Crippen LogP contribution is -2.41. The second kappa shape index (κ2) is 10.0. The van der Waals surface area contributed by atoms with Crippen LogP contribution in [0.5, 0.6) is 0 Å². The van der Waals surface area contributed by atoms with Gasteiger partial charge in [0.05, 0.1) is 24.5 Å². The van der Waals surface area contributed by atoms with E-state index in [4.69, 9.17) is 4.74 Å². The summed E-state index contributed by atoms with van der Waals surface area (Å²) in [5.41, 5.74) is 1.35. The number of carbonyl (C=O) groups excluding carboxylic acids is 1. The fourth-order valence-electron chi connectivity index (χ4n) is 3.96. The van der Waals surface area contributed by atoms with Crippen molar-refractivity contribution in [3.63, 3.8) is 0 Å². The molecular weight excluding hydrogens is 425 g/mol. The van der Waals surface area contributed by atoms with Gasteiger partial charge in [-0.15, -0.1) is 0 Å². The molecule has 0 bridgehead atoms. The number of halogens is 1. The van der Waals surface area contributed by atoms with Crippen LogP contribution in [0.4, 0.5) is 15.8 Å². The minimum Gasteiger partial charge on any atom is -0.388 e. The summed E-state index contributed by atoms with van der Waals surface area (Å²) in [4.78, 5) is 28.6. The lowest BCUT2D eigenvalue weighted by atomic mass is 10.1. The summed E-state index contributed by atoms with van der Waals surface area (Å²) < 4.78 is 21.4. The maximum Gasteiger partial charge on any atom is 0.263 e. The van der Waals surface area contributed by atoms with Crippen molar-refractivity contribution >= 4 is 28.1 Å². The Bertz CT molecular complexity index is 1220. The predicted molar refractivity (Wildman–Crippen MR) is 128 cm³/mol. The van der Waals surface area contributed by atoms with E-state index in [-0.39, 0.29) is 11.6 Å². The van der Waals surface area contributed by atoms with E-state index in [9.17, 15) is 14.0 Å². The van der Waals surface area contributed by atoms with Crippen molar-refractivity contribution in [1.82, 2.24) is 14.8 Å². The molecule has 8 nitrogen and oxygen atoms in total. The Morgan fingerprint density at radius 1 is 1.03 bits per heavy atom. The normalized spacial score (nSPS) is 14.3. The van der Waals surface area contributed by atoms with Gasteiger partial charge >= 0.3 is 0 Å². The molecule has 1 aromatic heterocycles. The number of pyridine rings is 1. The van der Waals surface area contributed by atoms with E-state index in [2.05, 4.69) is 20.9 Å². The second-order valence-corrected chi connectivity index (χ2v) is 7.85. The summed E-state index contributed by atoms with van der Waals surface area (Å²) in [6.07, 6.45) is 1.42. The maximum atomic E-state index is 14.8. The first-order valence-corrected chi connectivity index (χ1v) is 10.9. The summed E-state index contributed by atoms with van der Waals surface area (Å²) in [6.45, 7) is 4.20. The number of hydrogen-bond acceptors (Lipinski definition) is 6. The van der Waals surface area contributed by atoms with Crippen molar-refractivity contribution in [1.29, 1.82) is 0 Å². The number of carbonyl (C=O) groups is 1. The number of anilines is 2. The van der Waals surface area contributed by atoms with Gasteiger partial charge in [0, 0.05) is 68.6 Å². The first-order chi connectivity index (χ1) is 16.0. The van der Waals surface area contributed by atoms with E-state index in [1.165, 1.54) is 22.9 Å². The summed E-state index contributed by atoms with van der Waals surface area (Å²) in [5, 5.41) is 9.70. The number of nitrogens with zero attached hydrogens (tertiary/aromatic N) is 2. The molecule has 4 rings (SSSR count). The van der Waals surface area contributed by atoms with Gasteiger partial charge in [-0.25, -0.2) is 4.39 Å². The molecule has 1 amide bonds. The summed E-state index contributed by atoms with van der Waals surface area (Å²) in [6, 6.07) is 9.70. The number of fused-ring (bicyclic) bond motifs is 1. The topological polar surface area (TPSA) is 87.6 Å². The van der Waals surface area contributed by atoms with Gasteiger partial charge < -0.3 is 20.7 Å². The second-order valence-electron chi connectivity index (χ2n) is 7.85. The minimum absolute atomic E-state index is 0.0842. The standard InChI is InChI=1S/C24H28FN5O3/c1-26-16-3-5-18-19(13-16)20(23(31)28-7-8-29-9-11-33-12-10-29)15-30(24(18)32)22-6-4-17(27-2)14-21(22)25/h3-6,13-15,26-27H,7-12H2,1-2H3,(H,28,31). The van der Waals surface area contributed by atoms with Gasteiger partial charge in [-0.3, -0.25) is 19.1 Å². The Labute approximate surface area is 191 Å². The number of amides is 1. The number of ether oxygens (including phenoxy) is 1. The Balaban J connectivity index is 1.72. The first-order valence-electron chi connectivity index (χ1n) is 10.9. The number of aromatic nitrogens is 1. The summed E-state index contributed by atoms with van der Waals surface area (Å²) in [5.74, 6) is -0.878. The average Bonchev–Trinajstić information content (AvgIpc) is 2.84. The van der Waals surface area contributed by atoms with Crippen molar-refractivity contribution in [2.75, 3.05) is 64.1 Å². The Hall–Kier alpha value is -3.43. The molecule has 1 saturated heterocycles. The van der Waals surface area contributed by atoms with Crippen LogP contribution in [-0.2, 0) is 4.74 Å². The molecular formula is C24H28FN5O3. The first kappa shape index (κ1) is 22.8. The molecule has 0 atom stereocenters. The van der Waals surface area contributed by atoms with Gasteiger partial charge in [0.15, 0.2) is 0 Å². The van der Waals surface area contributed by atoms with Crippen molar-refractivity contribution in [3.8, 4) is 5.69 Å². The third-order valence-corrected chi connectivity index (χ3v) is 5.86. The predicted octanol–water partition coefficient (Wildman–Crippen LogP) is 2.28. The van der Waals surface area contributed by atoms with Crippen LogP contribution in [0, 0.1) is 5.82 Å². The van der Waals surface area contributed by atoms with E-state index in [1.807, 2.05) is 0 Å². The molecule has 1 aliphatic rings. The molecule has 0 unspecified atom stereocenters. The van der Waals surface area contributed by atoms with E-state index in [1.54, 1.807) is 38.4 Å². The molecule has 2 aromatic carbocycles. The van der Waals surface area contributed by atoms with E-state index in [0.29, 0.717) is 48.3 Å². The zero-order valence-corrected chi connectivity index (χ0v) is 18.8. The average molecular weight is 454 g/mol. The molecule has 9 heteroatoms. The molecule has 174 valence electrons. The van der Waals surface area contributed by atoms with Crippen molar-refractivity contribution in [3.05, 3.63) is 64.3 Å². The molecule has 0 aliphatic carbocycles. The van der Waals surface area contributed by atoms with Gasteiger partial charge in [-0.2, -0.15) is 0 Å². The SMILES string of the molecule is CNc1ccc(-n2cc(C(=O)NCCN3CCOCC3)c3cc(NC)ccc3c2=O)c(F)c1. The van der Waals surface area contributed by atoms with Crippen molar-refractivity contribution in [2.45, 2.75) is 0 Å². The van der Waals surface area contributed by atoms with Gasteiger partial charge in [-0.05, 0) is 36.4 Å². The molecule has 0 spiro atoms. The number of nitrogens with one attached hydrogen (secondary N) is 3. The quantitative estimate of drug-likeness (QED) is 0.509. The van der Waals surface area contributed by atoms with Crippen LogP contribution in [0.1, 0.15) is 10.4 Å². The molecule has 3 N–H and O–H groups in total. The highest BCUT2D eigenvalue weighted by Crippen LogP contribution is 2.23. The van der Waals surface area contributed by atoms with Crippen LogP contribution in [-0.4, -0.2) is 68.9 Å². The number of hydrogen-bond donors (Lipinski definition) is 3. The van der Waals surface area contributed by atoms with Crippen molar-refractivity contribution < 1.29 is 13.9 Å². The minimum atomic E-state index is -0.561. The molecule has 1 aliphatic heterocycles. The smallest absolute Gasteiger partial charge is 0.263 e. The van der Waals surface area contributed by atoms with Crippen molar-refractivity contribution in [2.24, 2.45) is 0 Å². The molecule has 1 fully saturated rings. The van der Waals surface area contributed by atoms with Gasteiger partial charge in [0.2, 0.25) is 0 Å². The highest BCUT2D eigenvalue weighted by atomic mass is 19.1. The lowest BCUT2D eigenvalue weighted by Gasteiger charge is -2.26. The molecule has 0 radical (unpaired) electrons. The van der Waals surface area contributed by atoms with Crippen LogP contribution in [0.15, 0.2) is 47.4 Å². The third-order valence-electron chi connectivity index (χ3n) is 5.86. The Morgan fingerprint density at radius 3 is 2.42 bits per heavy atom. The van der Waals surface area contributed by atoms with Crippen LogP contribution in [0.2, 0.25) is 0 Å². The third kappa shape index (κ3) is 4.84. The maximum absolute atomic E-state index is 14.8. The molecule has 33 heavy (non-hydrogen) atoms. The molecule has 3 aromatic rings. The fraction of sp³-hybridized carbons (Fsp3) is 0.333. The van der Waals surface area contributed by atoms with E-state index in [0.717, 1.165) is 18.8 Å². The van der Waals surface area contributed by atoms with Gasteiger partial charge in [0.25, 0.3) is 11.5 Å².